The van der Waals surface area contributed by atoms with Gasteiger partial charge in [-0.2, -0.15) is 0 Å². The molecule has 0 radical (unpaired) electrons. The van der Waals surface area contributed by atoms with E-state index in [2.05, 4.69) is 4.72 Å². The van der Waals surface area contributed by atoms with E-state index in [0.29, 0.717) is 5.75 Å². The third-order valence-electron chi connectivity index (χ3n) is 3.65. The van der Waals surface area contributed by atoms with E-state index >= 15 is 0 Å². The molecule has 0 aliphatic carbocycles. The van der Waals surface area contributed by atoms with Gasteiger partial charge in [-0.05, 0) is 25.1 Å². The van der Waals surface area contributed by atoms with E-state index in [9.17, 15) is 23.1 Å². The van der Waals surface area contributed by atoms with Gasteiger partial charge in [-0.15, -0.1) is 0 Å². The van der Waals surface area contributed by atoms with Gasteiger partial charge in [-0.1, -0.05) is 18.2 Å². The number of fused-ring (bicyclic) bond motifs is 1. The fourth-order valence-electron chi connectivity index (χ4n) is 2.56. The summed E-state index contributed by atoms with van der Waals surface area (Å²) in [5.41, 5.74) is -1.14. The molecule has 0 bridgehead atoms. The number of sulfonamides is 1. The fraction of sp³-hybridized carbons (Fsp3) is 0.111. The zero-order valence-electron chi connectivity index (χ0n) is 14.3. The minimum absolute atomic E-state index is 0.0339. The van der Waals surface area contributed by atoms with Gasteiger partial charge in [0.05, 0.1) is 17.3 Å². The van der Waals surface area contributed by atoms with E-state index in [0.717, 1.165) is 6.26 Å². The third kappa shape index (κ3) is 3.93. The van der Waals surface area contributed by atoms with Crippen LogP contribution in [0.25, 0.3) is 11.0 Å². The maximum absolute atomic E-state index is 12.6. The van der Waals surface area contributed by atoms with Gasteiger partial charge in [0.15, 0.2) is 5.75 Å². The Bertz CT molecular complexity index is 1200. The number of aryl methyl sites for hydroxylation is 1. The highest BCUT2D eigenvalue weighted by atomic mass is 32.2. The number of nitrogens with one attached hydrogen (secondary N) is 1. The molecule has 0 unspecified atom stereocenters. The van der Waals surface area contributed by atoms with Gasteiger partial charge in [-0.3, -0.25) is 9.52 Å². The molecule has 9 heteroatoms. The molecule has 0 amide bonds. The summed E-state index contributed by atoms with van der Waals surface area (Å²) < 4.78 is 36.8. The van der Waals surface area contributed by atoms with Crippen molar-refractivity contribution in [3.8, 4) is 11.5 Å². The van der Waals surface area contributed by atoms with Gasteiger partial charge in [0.1, 0.15) is 22.7 Å². The number of para-hydroxylation sites is 1. The monoisotopic (exact) mass is 389 g/mol. The number of hydrogen-bond acceptors (Lipinski definition) is 6. The number of carbonyl (C=O) groups is 1. The number of hydrogen-bond donors (Lipinski definition) is 2. The molecule has 0 fully saturated rings. The van der Waals surface area contributed by atoms with Crippen molar-refractivity contribution in [1.82, 2.24) is 0 Å². The van der Waals surface area contributed by atoms with Crippen molar-refractivity contribution in [2.45, 2.75) is 6.92 Å². The molecule has 0 saturated carbocycles. The predicted molar refractivity (Wildman–Crippen MR) is 99.2 cm³/mol. The Kier molecular flexibility index (Phi) is 4.63. The highest BCUT2D eigenvalue weighted by Crippen LogP contribution is 2.34. The lowest BCUT2D eigenvalue weighted by atomic mass is 10.1. The van der Waals surface area contributed by atoms with Crippen molar-refractivity contribution in [2.24, 2.45) is 0 Å². The van der Waals surface area contributed by atoms with Crippen LogP contribution < -0.4 is 14.9 Å². The number of ether oxygens (including phenoxy) is 1. The van der Waals surface area contributed by atoms with Crippen LogP contribution >= 0.6 is 0 Å². The number of aromatic carboxylic acids is 1. The van der Waals surface area contributed by atoms with Crippen LogP contribution in [-0.4, -0.2) is 25.7 Å². The molecule has 2 aromatic carbocycles. The first kappa shape index (κ1) is 18.5. The fourth-order valence-corrected chi connectivity index (χ4v) is 3.12. The first-order chi connectivity index (χ1) is 12.7. The quantitative estimate of drug-likeness (QED) is 0.687. The van der Waals surface area contributed by atoms with Crippen molar-refractivity contribution in [3.63, 3.8) is 0 Å². The molecule has 1 heterocycles. The lowest BCUT2D eigenvalue weighted by molar-refractivity contribution is 0.0692. The molecule has 3 aromatic rings. The molecule has 27 heavy (non-hydrogen) atoms. The molecule has 3 rings (SSSR count). The van der Waals surface area contributed by atoms with Crippen LogP contribution in [0.15, 0.2) is 51.7 Å². The van der Waals surface area contributed by atoms with Crippen LogP contribution in [0.5, 0.6) is 11.5 Å². The molecule has 8 nitrogen and oxygen atoms in total. The number of carboxylic acid groups (broad SMARTS) is 1. The van der Waals surface area contributed by atoms with E-state index in [1.54, 1.807) is 30.3 Å². The molecular weight excluding hydrogens is 374 g/mol. The summed E-state index contributed by atoms with van der Waals surface area (Å²) >= 11 is 0. The molecule has 0 aliphatic heterocycles. The summed E-state index contributed by atoms with van der Waals surface area (Å²) in [6.45, 7) is 1.35. The number of anilines is 1. The van der Waals surface area contributed by atoms with Crippen LogP contribution in [0.2, 0.25) is 0 Å². The lowest BCUT2D eigenvalue weighted by Gasteiger charge is -2.13. The van der Waals surface area contributed by atoms with Gasteiger partial charge >= 0.3 is 5.97 Å². The summed E-state index contributed by atoms with van der Waals surface area (Å²) in [6.07, 6.45) is 0.971. The Morgan fingerprint density at radius 3 is 2.44 bits per heavy atom. The minimum Gasteiger partial charge on any atom is -0.477 e. The zero-order valence-corrected chi connectivity index (χ0v) is 15.2. The van der Waals surface area contributed by atoms with Crippen molar-refractivity contribution in [1.29, 1.82) is 0 Å². The first-order valence-corrected chi connectivity index (χ1v) is 9.60. The Hall–Kier alpha value is -3.33. The molecule has 140 valence electrons. The second kappa shape index (κ2) is 6.76. The largest absolute Gasteiger partial charge is 0.477 e. The van der Waals surface area contributed by atoms with Gasteiger partial charge in [-0.25, -0.2) is 13.2 Å². The van der Waals surface area contributed by atoms with Crippen LogP contribution in [0.3, 0.4) is 0 Å². The minimum atomic E-state index is -3.65. The number of rotatable bonds is 5. The topological polar surface area (TPSA) is 123 Å². The van der Waals surface area contributed by atoms with Crippen molar-refractivity contribution < 1.29 is 27.5 Å². The Morgan fingerprint density at radius 2 is 1.85 bits per heavy atom. The van der Waals surface area contributed by atoms with Crippen LogP contribution in [0.1, 0.15) is 16.1 Å². The van der Waals surface area contributed by atoms with Gasteiger partial charge in [0.2, 0.25) is 15.5 Å². The van der Waals surface area contributed by atoms with E-state index in [4.69, 9.17) is 9.15 Å². The third-order valence-corrected chi connectivity index (χ3v) is 4.24. The van der Waals surface area contributed by atoms with Crippen molar-refractivity contribution in [3.05, 3.63) is 64.0 Å². The first-order valence-electron chi connectivity index (χ1n) is 7.71. The highest BCUT2D eigenvalue weighted by molar-refractivity contribution is 7.92. The summed E-state index contributed by atoms with van der Waals surface area (Å²) in [6, 6.07) is 11.1. The SMILES string of the molecule is Cc1oc2cc(NS(C)(=O)=O)c(Oc3ccccc3)cc2c(=O)c1C(=O)O. The maximum Gasteiger partial charge on any atom is 0.343 e. The summed E-state index contributed by atoms with van der Waals surface area (Å²) in [4.78, 5) is 23.9. The van der Waals surface area contributed by atoms with Gasteiger partial charge in [0.25, 0.3) is 0 Å². The number of benzene rings is 2. The molecule has 0 saturated heterocycles. The average molecular weight is 389 g/mol. The lowest BCUT2D eigenvalue weighted by Crippen LogP contribution is -2.17. The van der Waals surface area contributed by atoms with E-state index in [1.807, 2.05) is 0 Å². The van der Waals surface area contributed by atoms with E-state index in [-0.39, 0.29) is 28.2 Å². The maximum atomic E-state index is 12.6. The average Bonchev–Trinajstić information content (AvgIpc) is 2.55. The Labute approximate surface area is 154 Å². The van der Waals surface area contributed by atoms with Crippen LogP contribution in [0.4, 0.5) is 5.69 Å². The molecule has 0 spiro atoms. The number of carboxylic acids is 1. The second-order valence-corrected chi connectivity index (χ2v) is 7.55. The molecule has 2 N–H and O–H groups in total. The van der Waals surface area contributed by atoms with Gasteiger partial charge < -0.3 is 14.3 Å². The smallest absolute Gasteiger partial charge is 0.343 e. The molecule has 1 aromatic heterocycles. The van der Waals surface area contributed by atoms with Crippen LogP contribution in [-0.2, 0) is 10.0 Å². The molecule has 0 aliphatic rings. The van der Waals surface area contributed by atoms with E-state index in [1.165, 1.54) is 19.1 Å². The van der Waals surface area contributed by atoms with Crippen molar-refractivity contribution in [2.75, 3.05) is 11.0 Å². The zero-order chi connectivity index (χ0) is 19.8. The summed E-state index contributed by atoms with van der Waals surface area (Å²) in [5, 5.41) is 9.20. The van der Waals surface area contributed by atoms with E-state index < -0.39 is 27.0 Å². The van der Waals surface area contributed by atoms with Gasteiger partial charge in [0, 0.05) is 6.07 Å². The molecule has 0 atom stereocenters. The Morgan fingerprint density at radius 1 is 1.19 bits per heavy atom. The summed E-state index contributed by atoms with van der Waals surface area (Å²) in [5.74, 6) is -1.05. The van der Waals surface area contributed by atoms with Crippen molar-refractivity contribution >= 4 is 32.6 Å². The predicted octanol–water partition coefficient (Wildman–Crippen LogP) is 2.96. The second-order valence-electron chi connectivity index (χ2n) is 5.80. The standard InChI is InChI=1S/C18H15NO7S/c1-10-16(18(21)22)17(20)12-8-15(26-11-6-4-3-5-7-11)13(9-14(12)25-10)19-27(2,23)24/h3-9,19H,1-2H3,(H,21,22). The molecular formula is C18H15NO7S. The Balaban J connectivity index is 2.27. The normalized spacial score (nSPS) is 11.3. The highest BCUT2D eigenvalue weighted by Gasteiger charge is 2.20. The van der Waals surface area contributed by atoms with Crippen LogP contribution in [0, 0.1) is 6.92 Å². The summed E-state index contributed by atoms with van der Waals surface area (Å²) in [7, 11) is -3.65.